The molecule has 2 aromatic carbocycles. The SMILES string of the molecule is CN(CCCNCC(O)c1ccc(O)c2[nH]c(=O)ccc12)C(=O)c1ccc(C(=O)N2CCC(C(=O)O[C@H]3CN4CCC3CC4)(c3ccccc3)CC2)s1. The number of carbonyl (C=O) groups excluding carboxylic acids is 3. The second-order valence-electron chi connectivity index (χ2n) is 14.6. The molecular weight excluding hydrogens is 695 g/mol. The highest BCUT2D eigenvalue weighted by molar-refractivity contribution is 7.15. The Bertz CT molecular complexity index is 2000. The number of amides is 2. The van der Waals surface area contributed by atoms with Crippen LogP contribution in [-0.4, -0.2) is 113 Å². The molecule has 2 amide bonds. The zero-order valence-corrected chi connectivity index (χ0v) is 30.8. The number of aromatic nitrogens is 1. The molecule has 4 aliphatic heterocycles. The highest BCUT2D eigenvalue weighted by atomic mass is 32.1. The molecule has 280 valence electrons. The summed E-state index contributed by atoms with van der Waals surface area (Å²) in [5, 5.41) is 24.7. The Labute approximate surface area is 312 Å². The van der Waals surface area contributed by atoms with Crippen LogP contribution in [0.5, 0.6) is 5.75 Å². The molecule has 4 N–H and O–H groups in total. The fraction of sp³-hybridized carbons (Fsp3) is 0.450. The number of piperidine rings is 4. The number of nitrogens with zero attached hydrogens (tertiary/aromatic N) is 3. The van der Waals surface area contributed by atoms with Crippen molar-refractivity contribution in [2.45, 2.75) is 49.7 Å². The van der Waals surface area contributed by atoms with E-state index >= 15 is 0 Å². The Morgan fingerprint density at radius 3 is 2.45 bits per heavy atom. The number of aliphatic hydroxyl groups excluding tert-OH is 1. The topological polar surface area (TPSA) is 156 Å². The van der Waals surface area contributed by atoms with Crippen LogP contribution < -0.4 is 10.9 Å². The molecule has 1 unspecified atom stereocenters. The lowest BCUT2D eigenvalue weighted by Crippen LogP contribution is -2.55. The van der Waals surface area contributed by atoms with Gasteiger partial charge in [-0.15, -0.1) is 11.3 Å². The van der Waals surface area contributed by atoms with Crippen molar-refractivity contribution < 1.29 is 29.3 Å². The minimum Gasteiger partial charge on any atom is -0.506 e. The number of carbonyl (C=O) groups is 3. The molecule has 8 rings (SSSR count). The molecule has 0 radical (unpaired) electrons. The number of rotatable bonds is 12. The van der Waals surface area contributed by atoms with Crippen molar-refractivity contribution in [2.75, 3.05) is 59.4 Å². The van der Waals surface area contributed by atoms with Gasteiger partial charge < -0.3 is 35.1 Å². The molecule has 2 bridgehead atoms. The molecule has 53 heavy (non-hydrogen) atoms. The number of esters is 1. The number of H-pyrrole nitrogens is 1. The number of aliphatic hydroxyl groups is 1. The Morgan fingerprint density at radius 2 is 1.74 bits per heavy atom. The summed E-state index contributed by atoms with van der Waals surface area (Å²) in [4.78, 5) is 62.0. The largest absolute Gasteiger partial charge is 0.506 e. The number of aromatic hydroxyl groups is 1. The maximum Gasteiger partial charge on any atom is 0.317 e. The average Bonchev–Trinajstić information content (AvgIpc) is 3.69. The van der Waals surface area contributed by atoms with E-state index in [-0.39, 0.29) is 47.3 Å². The minimum absolute atomic E-state index is 0.0635. The summed E-state index contributed by atoms with van der Waals surface area (Å²) in [5.74, 6) is -0.141. The normalized spacial score (nSPS) is 21.3. The van der Waals surface area contributed by atoms with Gasteiger partial charge >= 0.3 is 5.97 Å². The van der Waals surface area contributed by atoms with E-state index in [9.17, 15) is 29.4 Å². The van der Waals surface area contributed by atoms with E-state index in [0.717, 1.165) is 38.0 Å². The second-order valence-corrected chi connectivity index (χ2v) is 15.7. The molecule has 4 saturated heterocycles. The van der Waals surface area contributed by atoms with Crippen LogP contribution in [0.15, 0.2) is 71.5 Å². The summed E-state index contributed by atoms with van der Waals surface area (Å²) in [7, 11) is 1.73. The molecule has 0 spiro atoms. The molecule has 0 aliphatic carbocycles. The number of nitrogens with one attached hydrogen (secondary N) is 2. The molecule has 0 saturated carbocycles. The van der Waals surface area contributed by atoms with Gasteiger partial charge in [0, 0.05) is 51.2 Å². The van der Waals surface area contributed by atoms with Crippen LogP contribution in [0.25, 0.3) is 10.9 Å². The zero-order valence-electron chi connectivity index (χ0n) is 30.0. The van der Waals surface area contributed by atoms with Crippen molar-refractivity contribution in [1.82, 2.24) is 25.0 Å². The van der Waals surface area contributed by atoms with E-state index in [2.05, 4.69) is 15.2 Å². The number of aromatic amines is 1. The quantitative estimate of drug-likeness (QED) is 0.125. The maximum absolute atomic E-state index is 14.0. The third-order valence-corrected chi connectivity index (χ3v) is 12.4. The average molecular weight is 742 g/mol. The highest BCUT2D eigenvalue weighted by Gasteiger charge is 2.47. The van der Waals surface area contributed by atoms with Crippen molar-refractivity contribution in [3.8, 4) is 5.75 Å². The Balaban J connectivity index is 0.898. The summed E-state index contributed by atoms with van der Waals surface area (Å²) in [5.41, 5.74) is 0.650. The number of fused-ring (bicyclic) bond motifs is 4. The van der Waals surface area contributed by atoms with Gasteiger partial charge in [0.2, 0.25) is 5.56 Å². The van der Waals surface area contributed by atoms with Crippen molar-refractivity contribution in [3.63, 3.8) is 0 Å². The van der Waals surface area contributed by atoms with Crippen LogP contribution in [0, 0.1) is 5.92 Å². The lowest BCUT2D eigenvalue weighted by atomic mass is 9.72. The lowest BCUT2D eigenvalue weighted by Gasteiger charge is -2.46. The number of thiophene rings is 1. The summed E-state index contributed by atoms with van der Waals surface area (Å²) in [6, 6.07) is 19.2. The number of phenols is 1. The summed E-state index contributed by atoms with van der Waals surface area (Å²) < 4.78 is 6.29. The van der Waals surface area contributed by atoms with Gasteiger partial charge in [0.25, 0.3) is 11.8 Å². The minimum atomic E-state index is -0.871. The predicted molar refractivity (Wildman–Crippen MR) is 202 cm³/mol. The van der Waals surface area contributed by atoms with E-state index in [1.54, 1.807) is 41.1 Å². The van der Waals surface area contributed by atoms with Crippen LogP contribution in [-0.2, 0) is 14.9 Å². The van der Waals surface area contributed by atoms with Gasteiger partial charge in [-0.1, -0.05) is 36.4 Å². The van der Waals surface area contributed by atoms with Gasteiger partial charge in [-0.3, -0.25) is 24.1 Å². The number of phenolic OH excluding ortho intramolecular Hbond substituents is 1. The van der Waals surface area contributed by atoms with E-state index in [1.165, 1.54) is 23.5 Å². The first kappa shape index (κ1) is 36.8. The highest BCUT2D eigenvalue weighted by Crippen LogP contribution is 2.40. The van der Waals surface area contributed by atoms with Crippen molar-refractivity contribution in [2.24, 2.45) is 5.92 Å². The number of hydrogen-bond donors (Lipinski definition) is 4. The van der Waals surface area contributed by atoms with E-state index in [0.29, 0.717) is 72.1 Å². The number of pyridine rings is 1. The van der Waals surface area contributed by atoms with Gasteiger partial charge in [-0.25, -0.2) is 0 Å². The summed E-state index contributed by atoms with van der Waals surface area (Å²) >= 11 is 1.18. The van der Waals surface area contributed by atoms with E-state index in [4.69, 9.17) is 4.74 Å². The Kier molecular flexibility index (Phi) is 11.0. The molecule has 13 heteroatoms. The fourth-order valence-corrected chi connectivity index (χ4v) is 9.08. The molecule has 2 atom stereocenters. The molecule has 4 fully saturated rings. The number of likely N-dealkylation sites (tertiary alicyclic amines) is 1. The smallest absolute Gasteiger partial charge is 0.317 e. The molecule has 4 aromatic rings. The maximum atomic E-state index is 14.0. The monoisotopic (exact) mass is 741 g/mol. The van der Waals surface area contributed by atoms with E-state index in [1.807, 2.05) is 30.3 Å². The Morgan fingerprint density at radius 1 is 1.00 bits per heavy atom. The number of ether oxygens (including phenoxy) is 1. The van der Waals surface area contributed by atoms with Crippen LogP contribution in [0.4, 0.5) is 0 Å². The van der Waals surface area contributed by atoms with Crippen LogP contribution in [0.1, 0.15) is 68.7 Å². The second kappa shape index (κ2) is 15.8. The van der Waals surface area contributed by atoms with Crippen LogP contribution in [0.2, 0.25) is 0 Å². The van der Waals surface area contributed by atoms with Gasteiger partial charge in [-0.2, -0.15) is 0 Å². The van der Waals surface area contributed by atoms with Gasteiger partial charge in [-0.05, 0) is 93.0 Å². The van der Waals surface area contributed by atoms with Gasteiger partial charge in [0.15, 0.2) is 0 Å². The van der Waals surface area contributed by atoms with Crippen molar-refractivity contribution >= 4 is 40.0 Å². The van der Waals surface area contributed by atoms with E-state index < -0.39 is 11.5 Å². The molecular formula is C40H47N5O7S. The van der Waals surface area contributed by atoms with Gasteiger partial charge in [0.1, 0.15) is 11.9 Å². The van der Waals surface area contributed by atoms with Crippen LogP contribution >= 0.6 is 11.3 Å². The molecule has 6 heterocycles. The molecule has 2 aromatic heterocycles. The van der Waals surface area contributed by atoms with Gasteiger partial charge in [0.05, 0.1) is 26.8 Å². The zero-order chi connectivity index (χ0) is 37.1. The van der Waals surface area contributed by atoms with Crippen molar-refractivity contribution in [1.29, 1.82) is 0 Å². The number of benzene rings is 2. The predicted octanol–water partition coefficient (Wildman–Crippen LogP) is 3.89. The first-order valence-electron chi connectivity index (χ1n) is 18.5. The summed E-state index contributed by atoms with van der Waals surface area (Å²) in [6.45, 7) is 5.03. The third kappa shape index (κ3) is 7.75. The fourth-order valence-electron chi connectivity index (χ4n) is 8.11. The lowest BCUT2D eigenvalue weighted by molar-refractivity contribution is -0.167. The third-order valence-electron chi connectivity index (χ3n) is 11.3. The summed E-state index contributed by atoms with van der Waals surface area (Å²) in [6.07, 6.45) is 2.75. The number of hydrogen-bond acceptors (Lipinski definition) is 10. The first-order valence-corrected chi connectivity index (χ1v) is 19.3. The molecule has 12 nitrogen and oxygen atoms in total. The van der Waals surface area contributed by atoms with Crippen molar-refractivity contribution in [3.05, 3.63) is 98.0 Å². The Hall–Kier alpha value is -4.56. The van der Waals surface area contributed by atoms with Crippen LogP contribution in [0.3, 0.4) is 0 Å². The molecule has 4 aliphatic rings. The standard InChI is InChI=1S/C40H47N5O7S/c1-43(19-5-18-41-24-31(47)28-8-10-30(46)36-29(28)9-13-35(48)42-36)37(49)33-11-12-34(53-33)38(50)45-22-16-40(17-23-45,27-6-3-2-4-7-27)39(51)52-32-25-44-20-14-26(32)15-21-44/h2-4,6-13,26,31-32,41,46-47H,5,14-25H2,1H3,(H,42,48)/t31?,32-/m0/s1. The first-order chi connectivity index (χ1) is 25.6.